The maximum Gasteiger partial charge on any atom is 0.404 e. The van der Waals surface area contributed by atoms with Crippen LogP contribution < -0.4 is 4.72 Å². The molecule has 0 amide bonds. The zero-order chi connectivity index (χ0) is 26.4. The monoisotopic (exact) mass is 518 g/mol. The van der Waals surface area contributed by atoms with Crippen molar-refractivity contribution in [2.45, 2.75) is 37.9 Å². The van der Waals surface area contributed by atoms with Crippen LogP contribution in [-0.4, -0.2) is 40.2 Å². The van der Waals surface area contributed by atoms with Crippen molar-refractivity contribution < 1.29 is 26.0 Å². The number of hydrogen-bond acceptors (Lipinski definition) is 6. The van der Waals surface area contributed by atoms with Crippen LogP contribution in [0, 0.1) is 31.0 Å². The number of nitrogens with zero attached hydrogens (tertiary/aromatic N) is 5. The average molecular weight is 518 g/mol. The van der Waals surface area contributed by atoms with E-state index in [1.165, 1.54) is 42.1 Å². The van der Waals surface area contributed by atoms with Crippen molar-refractivity contribution in [2.75, 3.05) is 0 Å². The van der Waals surface area contributed by atoms with Gasteiger partial charge in [0.2, 0.25) is 16.0 Å². The number of halogens is 4. The summed E-state index contributed by atoms with van der Waals surface area (Å²) < 4.78 is 81.5. The Kier molecular flexibility index (Phi) is 6.27. The van der Waals surface area contributed by atoms with E-state index in [9.17, 15) is 31.2 Å². The molecule has 0 aliphatic rings. The van der Waals surface area contributed by atoms with E-state index < -0.39 is 33.0 Å². The van der Waals surface area contributed by atoms with Crippen LogP contribution in [0.2, 0.25) is 0 Å². The molecule has 1 aromatic carbocycles. The highest BCUT2D eigenvalue weighted by Gasteiger charge is 2.39. The molecule has 8 nitrogen and oxygen atoms in total. The molecule has 36 heavy (non-hydrogen) atoms. The van der Waals surface area contributed by atoms with Crippen LogP contribution in [0.5, 0.6) is 0 Å². The maximum absolute atomic E-state index is 14.4. The zero-order valence-electron chi connectivity index (χ0n) is 19.1. The molecule has 0 fully saturated rings. The summed E-state index contributed by atoms with van der Waals surface area (Å²) >= 11 is 0. The van der Waals surface area contributed by atoms with Crippen molar-refractivity contribution in [1.29, 1.82) is 5.26 Å². The first-order valence-electron chi connectivity index (χ1n) is 10.4. The van der Waals surface area contributed by atoms with E-state index in [2.05, 4.69) is 15.0 Å². The molecule has 4 aromatic rings. The molecule has 3 aromatic heterocycles. The van der Waals surface area contributed by atoms with Crippen LogP contribution in [0.15, 0.2) is 47.8 Å². The summed E-state index contributed by atoms with van der Waals surface area (Å²) in [7, 11) is -4.56. The van der Waals surface area contributed by atoms with Crippen molar-refractivity contribution in [3.05, 3.63) is 65.4 Å². The molecule has 0 saturated carbocycles. The van der Waals surface area contributed by atoms with Gasteiger partial charge < -0.3 is 0 Å². The van der Waals surface area contributed by atoms with Gasteiger partial charge in [-0.15, -0.1) is 0 Å². The Morgan fingerprint density at radius 2 is 1.75 bits per heavy atom. The molecular weight excluding hydrogens is 500 g/mol. The summed E-state index contributed by atoms with van der Waals surface area (Å²) in [6.07, 6.45) is -0.915. The molecule has 1 atom stereocenters. The van der Waals surface area contributed by atoms with E-state index in [4.69, 9.17) is 0 Å². The first-order valence-corrected chi connectivity index (χ1v) is 11.9. The van der Waals surface area contributed by atoms with E-state index in [0.29, 0.717) is 18.0 Å². The number of nitriles is 1. The quantitative estimate of drug-likeness (QED) is 0.393. The van der Waals surface area contributed by atoms with Gasteiger partial charge in [0.25, 0.3) is 0 Å². The number of aryl methyl sites for hydroxylation is 2. The molecule has 0 aliphatic carbocycles. The highest BCUT2D eigenvalue weighted by atomic mass is 32.2. The van der Waals surface area contributed by atoms with Crippen LogP contribution in [-0.2, 0) is 10.0 Å². The fraction of sp³-hybridized carbons (Fsp3) is 0.217. The average Bonchev–Trinajstić information content (AvgIpc) is 3.11. The van der Waals surface area contributed by atoms with Gasteiger partial charge >= 0.3 is 6.18 Å². The first kappa shape index (κ1) is 25.2. The van der Waals surface area contributed by atoms with Crippen LogP contribution in [0.4, 0.5) is 17.6 Å². The minimum Gasteiger partial charge on any atom is -0.275 e. The number of pyridine rings is 1. The maximum atomic E-state index is 14.4. The Morgan fingerprint density at radius 3 is 2.33 bits per heavy atom. The number of nitrogens with one attached hydrogen (secondary N) is 1. The molecule has 0 bridgehead atoms. The highest BCUT2D eigenvalue weighted by molar-refractivity contribution is 7.89. The fourth-order valence-corrected chi connectivity index (χ4v) is 5.10. The van der Waals surface area contributed by atoms with E-state index in [1.54, 1.807) is 17.7 Å². The summed E-state index contributed by atoms with van der Waals surface area (Å²) in [6, 6.07) is 5.37. The van der Waals surface area contributed by atoms with Crippen molar-refractivity contribution >= 4 is 20.9 Å². The summed E-state index contributed by atoms with van der Waals surface area (Å²) in [5.41, 5.74) is 1.15. The van der Waals surface area contributed by atoms with Crippen molar-refractivity contribution in [1.82, 2.24) is 24.2 Å². The lowest BCUT2D eigenvalue weighted by atomic mass is 10.1. The van der Waals surface area contributed by atoms with Gasteiger partial charge in [0.15, 0.2) is 0 Å². The van der Waals surface area contributed by atoms with Gasteiger partial charge in [-0.3, -0.25) is 9.55 Å². The Balaban J connectivity index is 1.95. The number of fused-ring (bicyclic) bond motifs is 1. The minimum absolute atomic E-state index is 0.0441. The summed E-state index contributed by atoms with van der Waals surface area (Å²) in [4.78, 5) is 12.2. The van der Waals surface area contributed by atoms with Crippen molar-refractivity contribution in [3.63, 3.8) is 0 Å². The Morgan fingerprint density at radius 1 is 1.08 bits per heavy atom. The van der Waals surface area contributed by atoms with Crippen LogP contribution in [0.25, 0.3) is 28.2 Å². The second kappa shape index (κ2) is 8.96. The minimum atomic E-state index is -4.78. The molecule has 0 spiro atoms. The van der Waals surface area contributed by atoms with Gasteiger partial charge in [0, 0.05) is 24.0 Å². The molecule has 0 saturated heterocycles. The van der Waals surface area contributed by atoms with E-state index in [1.807, 2.05) is 6.07 Å². The number of sulfonamides is 1. The van der Waals surface area contributed by atoms with Crippen molar-refractivity contribution in [2.24, 2.45) is 0 Å². The molecule has 13 heteroatoms. The largest absolute Gasteiger partial charge is 0.404 e. The highest BCUT2D eigenvalue weighted by Crippen LogP contribution is 2.36. The predicted molar refractivity (Wildman–Crippen MR) is 122 cm³/mol. The van der Waals surface area contributed by atoms with Gasteiger partial charge in [-0.05, 0) is 56.2 Å². The predicted octanol–water partition coefficient (Wildman–Crippen LogP) is 4.34. The van der Waals surface area contributed by atoms with Gasteiger partial charge in [0.1, 0.15) is 22.8 Å². The topological polar surface area (TPSA) is 114 Å². The molecule has 1 N–H and O–H groups in total. The SMILES string of the molecule is Cc1cc2c(cc1F)c(C#N)c(-c1cc(C)c(S(=O)(=O)N[C@@H](C)C(F)(F)F)cn1)n2-c1ncccn1. The lowest BCUT2D eigenvalue weighted by molar-refractivity contribution is -0.147. The molecule has 0 unspecified atom stereocenters. The molecule has 0 radical (unpaired) electrons. The van der Waals surface area contributed by atoms with E-state index in [-0.39, 0.29) is 33.8 Å². The van der Waals surface area contributed by atoms with Crippen LogP contribution in [0.3, 0.4) is 0 Å². The molecular formula is C23H18F4N6O2S. The summed E-state index contributed by atoms with van der Waals surface area (Å²) in [5, 5.41) is 10.2. The molecule has 3 heterocycles. The summed E-state index contributed by atoms with van der Waals surface area (Å²) in [6.45, 7) is 3.63. The Labute approximate surface area is 203 Å². The van der Waals surface area contributed by atoms with Gasteiger partial charge in [-0.1, -0.05) is 0 Å². The zero-order valence-corrected chi connectivity index (χ0v) is 19.9. The second-order valence-electron chi connectivity index (χ2n) is 8.06. The molecule has 186 valence electrons. The third kappa shape index (κ3) is 4.40. The third-order valence-corrected chi connectivity index (χ3v) is 7.20. The third-order valence-electron chi connectivity index (χ3n) is 5.53. The van der Waals surface area contributed by atoms with Crippen LogP contribution >= 0.6 is 0 Å². The first-order chi connectivity index (χ1) is 16.8. The standard InChI is InChI=1S/C23H18F4N6O2S/c1-12-8-19-15(9-17(12)24)16(10-28)21(33(19)22-29-5-4-6-30-22)18-7-13(2)20(11-31-18)36(34,35)32-14(3)23(25,26)27/h4-9,11,14,32H,1-3H3/t14-/m0/s1. The fourth-order valence-electron chi connectivity index (χ4n) is 3.70. The normalized spacial score (nSPS) is 13.1. The Hall–Kier alpha value is -3.89. The summed E-state index contributed by atoms with van der Waals surface area (Å²) in [5.74, 6) is -0.381. The second-order valence-corrected chi connectivity index (χ2v) is 9.74. The number of rotatable bonds is 5. The Bertz CT molecular complexity index is 1630. The van der Waals surface area contributed by atoms with Gasteiger partial charge in [-0.2, -0.15) is 23.2 Å². The van der Waals surface area contributed by atoms with Gasteiger partial charge in [0.05, 0.1) is 22.5 Å². The smallest absolute Gasteiger partial charge is 0.275 e. The van der Waals surface area contributed by atoms with E-state index in [0.717, 1.165) is 6.20 Å². The lowest BCUT2D eigenvalue weighted by Crippen LogP contribution is -2.43. The number of hydrogen-bond donors (Lipinski definition) is 1. The van der Waals surface area contributed by atoms with Crippen molar-refractivity contribution in [3.8, 4) is 23.4 Å². The van der Waals surface area contributed by atoms with Crippen LogP contribution in [0.1, 0.15) is 23.6 Å². The van der Waals surface area contributed by atoms with E-state index >= 15 is 0 Å². The number of aromatic nitrogens is 4. The number of benzene rings is 1. The lowest BCUT2D eigenvalue weighted by Gasteiger charge is -2.18. The van der Waals surface area contributed by atoms with Gasteiger partial charge in [-0.25, -0.2) is 22.8 Å². The molecule has 4 rings (SSSR count). The number of alkyl halides is 3. The molecule has 0 aliphatic heterocycles.